The number of carbonyl (C=O) groups is 1. The van der Waals surface area contributed by atoms with Gasteiger partial charge in [-0.25, -0.2) is 0 Å². The van der Waals surface area contributed by atoms with Crippen LogP contribution in [0.5, 0.6) is 0 Å². The van der Waals surface area contributed by atoms with Crippen LogP contribution in [0.3, 0.4) is 0 Å². The number of hydrogen-bond acceptors (Lipinski definition) is 3. The molecule has 0 aliphatic rings. The van der Waals surface area contributed by atoms with E-state index in [0.717, 1.165) is 25.9 Å². The number of unbranched alkanes of at least 4 members (excludes halogenated alkanes) is 6. The maximum atomic E-state index is 10.6. The van der Waals surface area contributed by atoms with Gasteiger partial charge in [0.15, 0.2) is 0 Å². The second kappa shape index (κ2) is 46.1. The monoisotopic (exact) mass is 430 g/mol. The van der Waals surface area contributed by atoms with E-state index in [1.807, 2.05) is 6.08 Å². The maximum absolute atomic E-state index is 10.6. The summed E-state index contributed by atoms with van der Waals surface area (Å²) in [5, 5.41) is 7.00. The second-order valence-corrected chi connectivity index (χ2v) is 6.71. The van der Waals surface area contributed by atoms with Gasteiger partial charge in [-0.15, -0.1) is 6.58 Å². The van der Waals surface area contributed by atoms with E-state index in [9.17, 15) is 4.79 Å². The van der Waals surface area contributed by atoms with E-state index in [4.69, 9.17) is 9.76 Å². The molecular weight excluding hydrogens is 376 g/mol. The van der Waals surface area contributed by atoms with E-state index in [1.54, 1.807) is 0 Å². The minimum atomic E-state index is -0.0869. The topological polar surface area (TPSA) is 66.4 Å². The Morgan fingerprint density at radius 1 is 1.03 bits per heavy atom. The average Bonchev–Trinajstić information content (AvgIpc) is 2.76. The first-order valence-corrected chi connectivity index (χ1v) is 10.9. The Kier molecular flexibility index (Phi) is 65.5. The molecule has 0 aliphatic carbocycles. The zero-order valence-electron chi connectivity index (χ0n) is 20.5. The molecule has 0 saturated carbocycles. The zero-order valence-corrected chi connectivity index (χ0v) is 20.5. The third-order valence-electron chi connectivity index (χ3n) is 4.06. The van der Waals surface area contributed by atoms with Crippen LogP contribution >= 0.6 is 0 Å². The molecule has 1 atom stereocenters. The van der Waals surface area contributed by atoms with Crippen LogP contribution in [0.15, 0.2) is 24.8 Å². The Labute approximate surface area is 189 Å². The SMILES string of the molecule is C.C=C(C)C(C)CCCC.C=CCCCC.CCCCCCC(=O)OC.CO.[C-]#[O+]. The number of esters is 1. The fourth-order valence-corrected chi connectivity index (χ4v) is 1.90. The average molecular weight is 431 g/mol. The Morgan fingerprint density at radius 3 is 1.80 bits per heavy atom. The van der Waals surface area contributed by atoms with E-state index < -0.39 is 0 Å². The van der Waals surface area contributed by atoms with Gasteiger partial charge in [0.05, 0.1) is 7.11 Å². The summed E-state index contributed by atoms with van der Waals surface area (Å²) in [6.07, 6.45) is 14.8. The number of allylic oxidation sites excluding steroid dienone is 2. The van der Waals surface area contributed by atoms with Crippen molar-refractivity contribution in [3.05, 3.63) is 31.5 Å². The van der Waals surface area contributed by atoms with Crippen molar-refractivity contribution in [1.82, 2.24) is 0 Å². The first-order chi connectivity index (χ1) is 13.9. The quantitative estimate of drug-likeness (QED) is 0.112. The van der Waals surface area contributed by atoms with Crippen molar-refractivity contribution in [2.24, 2.45) is 5.92 Å². The van der Waals surface area contributed by atoms with Gasteiger partial charge in [-0.05, 0) is 32.1 Å². The fourth-order valence-electron chi connectivity index (χ4n) is 1.90. The predicted octanol–water partition coefficient (Wildman–Crippen LogP) is 8.09. The molecule has 0 spiro atoms. The van der Waals surface area contributed by atoms with Crippen LogP contribution in [-0.4, -0.2) is 25.3 Å². The molecule has 30 heavy (non-hydrogen) atoms. The second-order valence-electron chi connectivity index (χ2n) is 6.71. The number of aliphatic hydroxyl groups is 1. The van der Waals surface area contributed by atoms with Crippen molar-refractivity contribution in [3.8, 4) is 0 Å². The van der Waals surface area contributed by atoms with Crippen molar-refractivity contribution in [1.29, 1.82) is 0 Å². The van der Waals surface area contributed by atoms with Gasteiger partial charge in [-0.3, -0.25) is 4.79 Å². The first kappa shape index (κ1) is 42.7. The molecule has 0 saturated heterocycles. The van der Waals surface area contributed by atoms with Crippen LogP contribution < -0.4 is 0 Å². The number of rotatable bonds is 12. The molecule has 0 aromatic carbocycles. The van der Waals surface area contributed by atoms with Crippen LogP contribution in [0, 0.1) is 12.6 Å². The van der Waals surface area contributed by atoms with Crippen LogP contribution in [0.25, 0.3) is 0 Å². The van der Waals surface area contributed by atoms with Gasteiger partial charge in [0.25, 0.3) is 0 Å². The summed E-state index contributed by atoms with van der Waals surface area (Å²) in [5.41, 5.74) is 1.32. The number of hydrogen-bond donors (Lipinski definition) is 1. The van der Waals surface area contributed by atoms with E-state index in [2.05, 4.69) is 59.2 Å². The van der Waals surface area contributed by atoms with Gasteiger partial charge in [0, 0.05) is 13.5 Å². The molecule has 4 heteroatoms. The van der Waals surface area contributed by atoms with Gasteiger partial charge < -0.3 is 9.84 Å². The van der Waals surface area contributed by atoms with E-state index in [1.165, 1.54) is 64.0 Å². The third-order valence-corrected chi connectivity index (χ3v) is 4.06. The number of methoxy groups -OCH3 is 1. The Balaban J connectivity index is -0.0000000666. The molecular formula is C26H54O4. The Morgan fingerprint density at radius 2 is 1.50 bits per heavy atom. The molecule has 0 fully saturated rings. The Bertz CT molecular complexity index is 335. The molecule has 0 amide bonds. The molecule has 4 nitrogen and oxygen atoms in total. The van der Waals surface area contributed by atoms with Crippen molar-refractivity contribution in [3.63, 3.8) is 0 Å². The molecule has 182 valence electrons. The van der Waals surface area contributed by atoms with Crippen LogP contribution in [0.4, 0.5) is 0 Å². The Hall–Kier alpha value is -1.35. The number of ether oxygens (including phenoxy) is 1. The van der Waals surface area contributed by atoms with Crippen molar-refractivity contribution >= 4 is 5.97 Å². The van der Waals surface area contributed by atoms with Gasteiger partial charge in [0.1, 0.15) is 0 Å². The summed E-state index contributed by atoms with van der Waals surface area (Å²) >= 11 is 0. The molecule has 1 unspecified atom stereocenters. The summed E-state index contributed by atoms with van der Waals surface area (Å²) in [4.78, 5) is 10.6. The number of aliphatic hydroxyl groups excluding tert-OH is 1. The summed E-state index contributed by atoms with van der Waals surface area (Å²) in [5.74, 6) is 0.640. The van der Waals surface area contributed by atoms with Gasteiger partial charge in [-0.2, -0.15) is 0 Å². The van der Waals surface area contributed by atoms with Crippen molar-refractivity contribution in [2.75, 3.05) is 14.2 Å². The predicted molar refractivity (Wildman–Crippen MR) is 133 cm³/mol. The molecule has 0 radical (unpaired) electrons. The summed E-state index contributed by atoms with van der Waals surface area (Å²) in [6.45, 7) is 22.9. The number of carbonyl (C=O) groups excluding carboxylic acids is 1. The van der Waals surface area contributed by atoms with Crippen LogP contribution in [0.1, 0.15) is 113 Å². The molecule has 0 aromatic rings. The van der Waals surface area contributed by atoms with Gasteiger partial charge >= 0.3 is 17.3 Å². The molecule has 0 aromatic heterocycles. The molecule has 0 bridgehead atoms. The third kappa shape index (κ3) is 56.3. The molecule has 0 aliphatic heterocycles. The first-order valence-electron chi connectivity index (χ1n) is 10.9. The molecule has 0 heterocycles. The van der Waals surface area contributed by atoms with E-state index in [-0.39, 0.29) is 13.4 Å². The van der Waals surface area contributed by atoms with Crippen LogP contribution in [0.2, 0.25) is 0 Å². The van der Waals surface area contributed by atoms with Gasteiger partial charge in [0.2, 0.25) is 0 Å². The normalized spacial score (nSPS) is 9.00. The zero-order chi connectivity index (χ0) is 23.9. The standard InChI is InChI=1S/C9H18.C8H16O2.C6H12.CH4O.CO.CH4/c1-5-6-7-9(4)8(2)3;1-3-4-5-6-7-8(9)10-2;1-3-5-6-4-2;2*1-2;/h9H,2,5-7H2,1,3-4H3;3-7H2,1-2H3;3H,1,4-6H2,2H3;2H,1H3;;1H4. The van der Waals surface area contributed by atoms with Crippen LogP contribution in [-0.2, 0) is 14.2 Å². The van der Waals surface area contributed by atoms with E-state index >= 15 is 0 Å². The summed E-state index contributed by atoms with van der Waals surface area (Å²) < 4.78 is 12.0. The van der Waals surface area contributed by atoms with Crippen molar-refractivity contribution < 1.29 is 19.3 Å². The van der Waals surface area contributed by atoms with Crippen molar-refractivity contribution in [2.45, 2.75) is 113 Å². The summed E-state index contributed by atoms with van der Waals surface area (Å²) in [6, 6.07) is 0. The van der Waals surface area contributed by atoms with Gasteiger partial charge in [-0.1, -0.05) is 98.3 Å². The summed E-state index contributed by atoms with van der Waals surface area (Å²) in [7, 11) is 2.43. The minimum absolute atomic E-state index is 0. The van der Waals surface area contributed by atoms with E-state index in [0.29, 0.717) is 6.42 Å². The molecule has 0 rings (SSSR count). The fraction of sp³-hybridized carbons (Fsp3) is 0.769. The molecule has 1 N–H and O–H groups in total.